The molecule has 3 unspecified atom stereocenters. The van der Waals surface area contributed by atoms with Crippen molar-refractivity contribution in [1.82, 2.24) is 10.2 Å². The van der Waals surface area contributed by atoms with Gasteiger partial charge in [0.2, 0.25) is 5.91 Å². The quantitative estimate of drug-likeness (QED) is 0.552. The molecule has 0 saturated carbocycles. The van der Waals surface area contributed by atoms with Crippen molar-refractivity contribution in [3.63, 3.8) is 0 Å². The maximum atomic E-state index is 12.6. The number of thioether (sulfide) groups is 1. The molecule has 27 heavy (non-hydrogen) atoms. The highest BCUT2D eigenvalue weighted by molar-refractivity contribution is 8.00. The second-order valence-electron chi connectivity index (χ2n) is 6.54. The molecular weight excluding hydrogens is 372 g/mol. The van der Waals surface area contributed by atoms with E-state index in [-0.39, 0.29) is 17.9 Å². The molecule has 2 saturated heterocycles. The Bertz CT molecular complexity index is 730. The number of ether oxygens (including phenoxy) is 3. The minimum atomic E-state index is -0.852. The van der Waals surface area contributed by atoms with Crippen LogP contribution in [0.4, 0.5) is 0 Å². The van der Waals surface area contributed by atoms with Crippen molar-refractivity contribution in [3.8, 4) is 5.75 Å². The van der Waals surface area contributed by atoms with E-state index in [1.807, 2.05) is 6.07 Å². The molecule has 2 fully saturated rings. The van der Waals surface area contributed by atoms with Gasteiger partial charge < -0.3 is 24.4 Å². The van der Waals surface area contributed by atoms with Gasteiger partial charge in [0.1, 0.15) is 22.8 Å². The highest BCUT2D eigenvalue weighted by atomic mass is 32.2. The molecule has 146 valence electrons. The van der Waals surface area contributed by atoms with Crippen molar-refractivity contribution in [3.05, 3.63) is 30.3 Å². The number of hydrogen-bond donors (Lipinski definition) is 1. The van der Waals surface area contributed by atoms with Crippen LogP contribution in [0.5, 0.6) is 5.75 Å². The Kier molecular flexibility index (Phi) is 5.61. The third-order valence-electron chi connectivity index (χ3n) is 4.80. The summed E-state index contributed by atoms with van der Waals surface area (Å²) in [5.41, 5.74) is -0.852. The summed E-state index contributed by atoms with van der Waals surface area (Å²) in [5, 5.41) is 2.35. The summed E-state index contributed by atoms with van der Waals surface area (Å²) in [6.45, 7) is 1.58. The lowest BCUT2D eigenvalue weighted by Crippen LogP contribution is -2.79. The fourth-order valence-electron chi connectivity index (χ4n) is 3.22. The van der Waals surface area contributed by atoms with Gasteiger partial charge in [-0.25, -0.2) is 4.79 Å². The first-order valence-electron chi connectivity index (χ1n) is 8.45. The van der Waals surface area contributed by atoms with Gasteiger partial charge in [0, 0.05) is 12.9 Å². The molecule has 0 aliphatic carbocycles. The largest absolute Gasteiger partial charge is 0.484 e. The molecule has 0 bridgehead atoms. The van der Waals surface area contributed by atoms with Crippen LogP contribution in [-0.2, 0) is 23.9 Å². The SMILES string of the molecule is COC(=O)C1N2C(=O)C(NC(=O)COc3ccccc3)[C@H]2SCC1(C)OC. The number of nitrogens with one attached hydrogen (secondary N) is 1. The Morgan fingerprint density at radius 3 is 2.63 bits per heavy atom. The molecule has 4 atom stereocenters. The molecule has 0 spiro atoms. The van der Waals surface area contributed by atoms with Crippen molar-refractivity contribution in [2.45, 2.75) is 30.0 Å². The second-order valence-corrected chi connectivity index (χ2v) is 7.64. The number of methoxy groups -OCH3 is 2. The summed E-state index contributed by atoms with van der Waals surface area (Å²) in [6.07, 6.45) is 0. The van der Waals surface area contributed by atoms with Crippen LogP contribution < -0.4 is 10.1 Å². The summed E-state index contributed by atoms with van der Waals surface area (Å²) in [7, 11) is 2.78. The van der Waals surface area contributed by atoms with Crippen LogP contribution in [0.25, 0.3) is 0 Å². The Morgan fingerprint density at radius 2 is 2.00 bits per heavy atom. The first-order chi connectivity index (χ1) is 12.9. The third-order valence-corrected chi connectivity index (χ3v) is 6.38. The van der Waals surface area contributed by atoms with E-state index in [1.54, 1.807) is 31.2 Å². The first-order valence-corrected chi connectivity index (χ1v) is 9.50. The van der Waals surface area contributed by atoms with Crippen LogP contribution in [0.15, 0.2) is 30.3 Å². The third kappa shape index (κ3) is 3.61. The summed E-state index contributed by atoms with van der Waals surface area (Å²) in [5.74, 6) is -0.200. The second kappa shape index (κ2) is 7.77. The van der Waals surface area contributed by atoms with Crippen LogP contribution >= 0.6 is 11.8 Å². The molecule has 8 nitrogen and oxygen atoms in total. The van der Waals surface area contributed by atoms with Crippen molar-refractivity contribution < 1.29 is 28.6 Å². The lowest BCUT2D eigenvalue weighted by molar-refractivity contribution is -0.178. The standard InChI is InChI=1S/C18H22N2O6S/c1-18(25-3)10-27-16-13(15(22)20(16)14(18)17(23)24-2)19-12(21)9-26-11-7-5-4-6-8-11/h4-8,13-14,16H,9-10H2,1-3H3,(H,19,21)/t13?,14?,16-,18?/m1/s1. The molecule has 1 aromatic rings. The molecule has 3 rings (SSSR count). The van der Waals surface area contributed by atoms with Gasteiger partial charge in [-0.05, 0) is 19.1 Å². The summed E-state index contributed by atoms with van der Waals surface area (Å²) in [4.78, 5) is 38.5. The van der Waals surface area contributed by atoms with Gasteiger partial charge in [-0.1, -0.05) is 18.2 Å². The summed E-state index contributed by atoms with van der Waals surface area (Å²) in [6, 6.07) is 7.40. The molecular formula is C18H22N2O6S. The highest BCUT2D eigenvalue weighted by Gasteiger charge is 2.62. The zero-order valence-corrected chi connectivity index (χ0v) is 16.2. The van der Waals surface area contributed by atoms with Crippen LogP contribution in [0.2, 0.25) is 0 Å². The number of para-hydroxylation sites is 1. The van der Waals surface area contributed by atoms with Gasteiger partial charge in [-0.15, -0.1) is 11.8 Å². The normalized spacial score (nSPS) is 29.4. The number of fused-ring (bicyclic) bond motifs is 1. The van der Waals surface area contributed by atoms with Gasteiger partial charge in [-0.2, -0.15) is 0 Å². The topological polar surface area (TPSA) is 94.2 Å². The number of benzene rings is 1. The van der Waals surface area contributed by atoms with Crippen molar-refractivity contribution >= 4 is 29.5 Å². The number of nitrogens with zero attached hydrogens (tertiary/aromatic N) is 1. The molecule has 0 radical (unpaired) electrons. The molecule has 2 aliphatic rings. The van der Waals surface area contributed by atoms with Gasteiger partial charge in [0.25, 0.3) is 5.91 Å². The maximum Gasteiger partial charge on any atom is 0.331 e. The predicted octanol–water partition coefficient (Wildman–Crippen LogP) is 0.412. The average molecular weight is 394 g/mol. The fourth-order valence-corrected chi connectivity index (χ4v) is 4.76. The van der Waals surface area contributed by atoms with Gasteiger partial charge >= 0.3 is 5.97 Å². The van der Waals surface area contributed by atoms with Crippen LogP contribution in [0.3, 0.4) is 0 Å². The monoisotopic (exact) mass is 394 g/mol. The number of carbonyl (C=O) groups is 3. The number of esters is 1. The van der Waals surface area contributed by atoms with E-state index in [0.717, 1.165) is 0 Å². The number of rotatable bonds is 6. The highest BCUT2D eigenvalue weighted by Crippen LogP contribution is 2.43. The van der Waals surface area contributed by atoms with Gasteiger partial charge in [0.15, 0.2) is 12.6 Å². The van der Waals surface area contributed by atoms with E-state index in [0.29, 0.717) is 11.5 Å². The first kappa shape index (κ1) is 19.5. The minimum absolute atomic E-state index is 0.193. The Morgan fingerprint density at radius 1 is 1.30 bits per heavy atom. The molecule has 2 aliphatic heterocycles. The maximum absolute atomic E-state index is 12.6. The fraction of sp³-hybridized carbons (Fsp3) is 0.500. The summed E-state index contributed by atoms with van der Waals surface area (Å²) >= 11 is 1.46. The number of amides is 2. The van der Waals surface area contributed by atoms with E-state index in [4.69, 9.17) is 14.2 Å². The summed E-state index contributed by atoms with van der Waals surface area (Å²) < 4.78 is 15.8. The molecule has 0 aromatic heterocycles. The molecule has 1 N–H and O–H groups in total. The molecule has 9 heteroatoms. The van der Waals surface area contributed by atoms with Crippen molar-refractivity contribution in [1.29, 1.82) is 0 Å². The number of β-lactam (4-membered cyclic amide) rings is 1. The Balaban J connectivity index is 1.63. The zero-order chi connectivity index (χ0) is 19.6. The minimum Gasteiger partial charge on any atom is -0.484 e. The number of hydrogen-bond acceptors (Lipinski definition) is 7. The van der Waals surface area contributed by atoms with Crippen molar-refractivity contribution in [2.24, 2.45) is 0 Å². The van der Waals surface area contributed by atoms with E-state index < -0.39 is 29.6 Å². The zero-order valence-electron chi connectivity index (χ0n) is 15.3. The van der Waals surface area contributed by atoms with E-state index >= 15 is 0 Å². The van der Waals surface area contributed by atoms with Crippen LogP contribution in [-0.4, -0.2) is 72.3 Å². The number of carbonyl (C=O) groups excluding carboxylic acids is 3. The van der Waals surface area contributed by atoms with Gasteiger partial charge in [-0.3, -0.25) is 9.59 Å². The molecule has 2 heterocycles. The predicted molar refractivity (Wildman–Crippen MR) is 98.2 cm³/mol. The van der Waals surface area contributed by atoms with Crippen molar-refractivity contribution in [2.75, 3.05) is 26.6 Å². The van der Waals surface area contributed by atoms with E-state index in [9.17, 15) is 14.4 Å². The Labute approximate surface area is 161 Å². The average Bonchev–Trinajstić information content (AvgIpc) is 2.70. The van der Waals surface area contributed by atoms with E-state index in [1.165, 1.54) is 30.9 Å². The van der Waals surface area contributed by atoms with E-state index in [2.05, 4.69) is 5.32 Å². The lowest BCUT2D eigenvalue weighted by atomic mass is 9.91. The molecule has 1 aromatic carbocycles. The lowest BCUT2D eigenvalue weighted by Gasteiger charge is -2.57. The van der Waals surface area contributed by atoms with Crippen LogP contribution in [0, 0.1) is 0 Å². The smallest absolute Gasteiger partial charge is 0.331 e. The van der Waals surface area contributed by atoms with Crippen LogP contribution in [0.1, 0.15) is 6.92 Å². The molecule has 2 amide bonds. The van der Waals surface area contributed by atoms with Gasteiger partial charge in [0.05, 0.1) is 7.11 Å². The Hall–Kier alpha value is -2.26.